The average Bonchev–Trinajstić information content (AvgIpc) is 3.19. The van der Waals surface area contributed by atoms with E-state index in [1.54, 1.807) is 0 Å². The maximum Gasteiger partial charge on any atom is 0.164 e. The summed E-state index contributed by atoms with van der Waals surface area (Å²) in [4.78, 5) is 14.6. The monoisotopic (exact) mass is 360 g/mol. The molecule has 4 heterocycles. The zero-order valence-corrected chi connectivity index (χ0v) is 15.2. The number of nitrogens with one attached hydrogen (secondary N) is 1. The lowest BCUT2D eigenvalue weighted by atomic mass is 10.1. The molecule has 0 atom stereocenters. The zero-order valence-electron chi connectivity index (χ0n) is 15.2. The standard InChI is InChI=1S/C21H22N5O/c1-2-4-16(5-3-1)20-24-18(15-8-12-27-13-9-15)19-21(25-20)26(14-23-19)17-6-10-22-11-7-17/h1-2,4-5,8,14,17,22H,6-7,9-13H2. The molecule has 0 amide bonds. The molecule has 1 aromatic carbocycles. The van der Waals surface area contributed by atoms with Gasteiger partial charge >= 0.3 is 0 Å². The van der Waals surface area contributed by atoms with Crippen LogP contribution in [0.4, 0.5) is 0 Å². The number of hydrogen-bond acceptors (Lipinski definition) is 5. The van der Waals surface area contributed by atoms with Crippen LogP contribution in [0.1, 0.15) is 31.0 Å². The van der Waals surface area contributed by atoms with E-state index >= 15 is 0 Å². The molecular formula is C21H22N5O. The second-order valence-corrected chi connectivity index (χ2v) is 7.05. The molecule has 137 valence electrons. The van der Waals surface area contributed by atoms with Crippen molar-refractivity contribution < 1.29 is 4.74 Å². The summed E-state index contributed by atoms with van der Waals surface area (Å²) in [6, 6.07) is 11.4. The van der Waals surface area contributed by atoms with Crippen molar-refractivity contribution in [2.24, 2.45) is 0 Å². The number of benzene rings is 1. The van der Waals surface area contributed by atoms with E-state index in [1.807, 2.05) is 30.6 Å². The fraction of sp³-hybridized carbons (Fsp3) is 0.381. The van der Waals surface area contributed by atoms with Crippen molar-refractivity contribution in [1.82, 2.24) is 24.8 Å². The molecule has 2 aromatic heterocycles. The second-order valence-electron chi connectivity index (χ2n) is 7.05. The Balaban J connectivity index is 1.70. The largest absolute Gasteiger partial charge is 0.377 e. The van der Waals surface area contributed by atoms with E-state index < -0.39 is 0 Å². The lowest BCUT2D eigenvalue weighted by Crippen LogP contribution is -2.29. The summed E-state index contributed by atoms with van der Waals surface area (Å²) in [7, 11) is 0. The topological polar surface area (TPSA) is 64.9 Å². The fourth-order valence-electron chi connectivity index (χ4n) is 3.90. The molecule has 5 rings (SSSR count). The Labute approximate surface area is 158 Å². The highest BCUT2D eigenvalue weighted by molar-refractivity contribution is 5.87. The van der Waals surface area contributed by atoms with Gasteiger partial charge in [0.25, 0.3) is 0 Å². The highest BCUT2D eigenvalue weighted by atomic mass is 16.5. The number of hydrogen-bond donors (Lipinski definition) is 1. The SMILES string of the molecule is [c]1cccc(-c2nc(C3=CCOCC3)c3ncn(C4CCNCC4)c3n2)c1. The molecule has 0 unspecified atom stereocenters. The summed E-state index contributed by atoms with van der Waals surface area (Å²) in [6.45, 7) is 3.42. The zero-order chi connectivity index (χ0) is 18.1. The molecule has 6 nitrogen and oxygen atoms in total. The van der Waals surface area contributed by atoms with Crippen LogP contribution in [0.5, 0.6) is 0 Å². The second kappa shape index (κ2) is 7.21. The van der Waals surface area contributed by atoms with Crippen molar-refractivity contribution in [2.75, 3.05) is 26.3 Å². The molecule has 3 aromatic rings. The van der Waals surface area contributed by atoms with E-state index in [9.17, 15) is 0 Å². The highest BCUT2D eigenvalue weighted by Crippen LogP contribution is 2.31. The van der Waals surface area contributed by atoms with Crippen LogP contribution in [-0.4, -0.2) is 45.8 Å². The van der Waals surface area contributed by atoms with Gasteiger partial charge in [0.1, 0.15) is 5.52 Å². The van der Waals surface area contributed by atoms with Gasteiger partial charge in [-0.1, -0.05) is 24.3 Å². The first-order chi connectivity index (χ1) is 13.4. The minimum absolute atomic E-state index is 0.429. The van der Waals surface area contributed by atoms with Gasteiger partial charge in [0, 0.05) is 11.6 Å². The Morgan fingerprint density at radius 2 is 2.15 bits per heavy atom. The average molecular weight is 360 g/mol. The quantitative estimate of drug-likeness (QED) is 0.778. The summed E-state index contributed by atoms with van der Waals surface area (Å²) in [6.07, 6.45) is 7.10. The van der Waals surface area contributed by atoms with Gasteiger partial charge in [0.2, 0.25) is 0 Å². The maximum absolute atomic E-state index is 5.49. The first kappa shape index (κ1) is 16.6. The van der Waals surface area contributed by atoms with Crippen molar-refractivity contribution in [1.29, 1.82) is 0 Å². The Kier molecular flexibility index (Phi) is 4.43. The van der Waals surface area contributed by atoms with Crippen molar-refractivity contribution in [3.05, 3.63) is 48.4 Å². The molecule has 6 heteroatoms. The molecule has 1 fully saturated rings. The number of rotatable bonds is 3. The van der Waals surface area contributed by atoms with E-state index in [0.717, 1.165) is 67.2 Å². The van der Waals surface area contributed by atoms with Crippen LogP contribution in [0, 0.1) is 6.07 Å². The molecule has 1 radical (unpaired) electrons. The third kappa shape index (κ3) is 3.15. The van der Waals surface area contributed by atoms with Crippen molar-refractivity contribution in [3.63, 3.8) is 0 Å². The van der Waals surface area contributed by atoms with Crippen LogP contribution in [0.25, 0.3) is 28.1 Å². The molecule has 27 heavy (non-hydrogen) atoms. The number of nitrogens with zero attached hydrogens (tertiary/aromatic N) is 4. The lowest BCUT2D eigenvalue weighted by molar-refractivity contribution is 0.161. The van der Waals surface area contributed by atoms with E-state index in [1.165, 1.54) is 5.57 Å². The van der Waals surface area contributed by atoms with Crippen LogP contribution < -0.4 is 5.32 Å². The van der Waals surface area contributed by atoms with Gasteiger partial charge < -0.3 is 14.6 Å². The number of ether oxygens (including phenoxy) is 1. The molecule has 0 aliphatic carbocycles. The van der Waals surface area contributed by atoms with Crippen molar-refractivity contribution in [2.45, 2.75) is 25.3 Å². The minimum Gasteiger partial charge on any atom is -0.377 e. The number of imidazole rings is 1. The number of aromatic nitrogens is 4. The first-order valence-electron chi connectivity index (χ1n) is 9.59. The van der Waals surface area contributed by atoms with Gasteiger partial charge in [0.05, 0.1) is 25.2 Å². The Hall–Kier alpha value is -2.57. The van der Waals surface area contributed by atoms with E-state index in [0.29, 0.717) is 12.6 Å². The van der Waals surface area contributed by atoms with Crippen LogP contribution in [-0.2, 0) is 4.74 Å². The lowest BCUT2D eigenvalue weighted by Gasteiger charge is -2.24. The van der Waals surface area contributed by atoms with E-state index in [4.69, 9.17) is 19.7 Å². The maximum atomic E-state index is 5.49. The predicted octanol–water partition coefficient (Wildman–Crippen LogP) is 3.02. The fourth-order valence-corrected chi connectivity index (χ4v) is 3.90. The third-order valence-electron chi connectivity index (χ3n) is 5.36. The molecule has 1 saturated heterocycles. The highest BCUT2D eigenvalue weighted by Gasteiger charge is 2.22. The normalized spacial score (nSPS) is 18.6. The van der Waals surface area contributed by atoms with Gasteiger partial charge in [-0.3, -0.25) is 0 Å². The summed E-state index contributed by atoms with van der Waals surface area (Å²) in [5.41, 5.74) is 4.94. The van der Waals surface area contributed by atoms with Gasteiger partial charge in [-0.25, -0.2) is 15.0 Å². The van der Waals surface area contributed by atoms with Gasteiger partial charge in [-0.05, 0) is 50.1 Å². The number of piperidine rings is 1. The van der Waals surface area contributed by atoms with Crippen LogP contribution in [0.15, 0.2) is 36.7 Å². The van der Waals surface area contributed by atoms with Crippen LogP contribution in [0.2, 0.25) is 0 Å². The van der Waals surface area contributed by atoms with Crippen molar-refractivity contribution in [3.8, 4) is 11.4 Å². The Morgan fingerprint density at radius 1 is 1.22 bits per heavy atom. The molecule has 0 bridgehead atoms. The molecule has 0 spiro atoms. The summed E-state index contributed by atoms with van der Waals surface area (Å²) < 4.78 is 7.74. The molecule has 2 aliphatic heterocycles. The van der Waals surface area contributed by atoms with Crippen LogP contribution >= 0.6 is 0 Å². The Bertz CT molecular complexity index is 973. The summed E-state index contributed by atoms with van der Waals surface area (Å²) in [5.74, 6) is 0.734. The third-order valence-corrected chi connectivity index (χ3v) is 5.36. The first-order valence-corrected chi connectivity index (χ1v) is 9.59. The minimum atomic E-state index is 0.429. The Morgan fingerprint density at radius 3 is 2.93 bits per heavy atom. The van der Waals surface area contributed by atoms with E-state index in [-0.39, 0.29) is 0 Å². The summed E-state index contributed by atoms with van der Waals surface area (Å²) in [5, 5.41) is 3.43. The predicted molar refractivity (Wildman–Crippen MR) is 104 cm³/mol. The molecular weight excluding hydrogens is 338 g/mol. The summed E-state index contributed by atoms with van der Waals surface area (Å²) >= 11 is 0. The van der Waals surface area contributed by atoms with Gasteiger partial charge in [-0.15, -0.1) is 0 Å². The molecule has 1 N–H and O–H groups in total. The van der Waals surface area contributed by atoms with Crippen LogP contribution in [0.3, 0.4) is 0 Å². The smallest absolute Gasteiger partial charge is 0.164 e. The molecule has 0 saturated carbocycles. The molecule has 2 aliphatic rings. The number of fused-ring (bicyclic) bond motifs is 1. The van der Waals surface area contributed by atoms with Gasteiger partial charge in [0.15, 0.2) is 11.5 Å². The van der Waals surface area contributed by atoms with E-state index in [2.05, 4.69) is 22.0 Å². The van der Waals surface area contributed by atoms with Gasteiger partial charge in [-0.2, -0.15) is 0 Å². The van der Waals surface area contributed by atoms with Crippen molar-refractivity contribution >= 4 is 16.7 Å².